The Labute approximate surface area is 190 Å². The molecule has 162 valence electrons. The van der Waals surface area contributed by atoms with Crippen molar-refractivity contribution in [2.24, 2.45) is 0 Å². The molecule has 0 bridgehead atoms. The van der Waals surface area contributed by atoms with Gasteiger partial charge in [-0.05, 0) is 51.4 Å². The number of thioether (sulfide) groups is 1. The minimum absolute atomic E-state index is 0. The van der Waals surface area contributed by atoms with Gasteiger partial charge in [0.1, 0.15) is 5.52 Å². The van der Waals surface area contributed by atoms with Crippen LogP contribution in [0, 0.1) is 6.92 Å². The molecule has 0 saturated carbocycles. The van der Waals surface area contributed by atoms with Crippen molar-refractivity contribution in [1.82, 2.24) is 41.3 Å². The molecule has 9 heteroatoms. The summed E-state index contributed by atoms with van der Waals surface area (Å²) in [4.78, 5) is 9.46. The average Bonchev–Trinajstić information content (AvgIpc) is 3.45. The van der Waals surface area contributed by atoms with Crippen LogP contribution in [0.4, 0.5) is 0 Å². The first kappa shape index (κ1) is 21.7. The lowest BCUT2D eigenvalue weighted by Crippen LogP contribution is -2.02. The Bertz CT molecular complexity index is 1330. The number of rotatable bonds is 6. The maximum absolute atomic E-state index is 4.84. The Morgan fingerprint density at radius 1 is 1.00 bits per heavy atom. The number of nitrogens with zero attached hydrogens (tertiary/aromatic N) is 6. The number of aromatic nitrogens is 7. The number of hydrogen-bond acceptors (Lipinski definition) is 7. The molecule has 32 heavy (non-hydrogen) atoms. The molecule has 3 aromatic heterocycles. The number of imidazole rings is 1. The predicted octanol–water partition coefficient (Wildman–Crippen LogP) is 4.91. The fraction of sp³-hybridized carbons (Fsp3) is 0.174. The fourth-order valence-electron chi connectivity index (χ4n) is 3.69. The van der Waals surface area contributed by atoms with Crippen molar-refractivity contribution >= 4 is 22.9 Å². The summed E-state index contributed by atoms with van der Waals surface area (Å²) in [6.45, 7) is 4.95. The SMILES string of the molecule is CCSc1nc2c(C)ccnc2n1Cc1ccc(-c2ccccc2-c2nnn[nH]2)cc1.N. The summed E-state index contributed by atoms with van der Waals surface area (Å²) in [5, 5.41) is 15.3. The van der Waals surface area contributed by atoms with Gasteiger partial charge < -0.3 is 6.15 Å². The van der Waals surface area contributed by atoms with Gasteiger partial charge in [0.15, 0.2) is 16.6 Å². The summed E-state index contributed by atoms with van der Waals surface area (Å²) < 4.78 is 2.21. The summed E-state index contributed by atoms with van der Waals surface area (Å²) in [5.41, 5.74) is 7.43. The highest BCUT2D eigenvalue weighted by Gasteiger charge is 2.14. The molecule has 0 unspecified atom stereocenters. The van der Waals surface area contributed by atoms with E-state index in [9.17, 15) is 0 Å². The number of tetrazole rings is 1. The molecular weight excluding hydrogens is 420 g/mol. The third-order valence-electron chi connectivity index (χ3n) is 5.21. The van der Waals surface area contributed by atoms with E-state index in [4.69, 9.17) is 4.98 Å². The van der Waals surface area contributed by atoms with Crippen molar-refractivity contribution in [3.63, 3.8) is 0 Å². The lowest BCUT2D eigenvalue weighted by atomic mass is 9.98. The van der Waals surface area contributed by atoms with Crippen molar-refractivity contribution in [2.75, 3.05) is 5.75 Å². The third-order valence-corrected chi connectivity index (χ3v) is 6.07. The number of hydrogen-bond donors (Lipinski definition) is 2. The zero-order valence-electron chi connectivity index (χ0n) is 18.0. The number of aromatic amines is 1. The first-order chi connectivity index (χ1) is 15.2. The molecule has 5 rings (SSSR count). The van der Waals surface area contributed by atoms with Crippen LogP contribution in [0.25, 0.3) is 33.7 Å². The molecule has 0 atom stereocenters. The van der Waals surface area contributed by atoms with Gasteiger partial charge in [0.25, 0.3) is 0 Å². The van der Waals surface area contributed by atoms with E-state index in [2.05, 4.69) is 74.4 Å². The maximum Gasteiger partial charge on any atom is 0.180 e. The molecule has 0 amide bonds. The van der Waals surface area contributed by atoms with Crippen LogP contribution in [0.15, 0.2) is 66.0 Å². The highest BCUT2D eigenvalue weighted by atomic mass is 32.2. The number of pyridine rings is 1. The molecule has 3 heterocycles. The Morgan fingerprint density at radius 3 is 2.50 bits per heavy atom. The van der Waals surface area contributed by atoms with E-state index in [-0.39, 0.29) is 6.15 Å². The highest BCUT2D eigenvalue weighted by Crippen LogP contribution is 2.30. The van der Waals surface area contributed by atoms with Crippen LogP contribution < -0.4 is 6.15 Å². The van der Waals surface area contributed by atoms with Crippen molar-refractivity contribution < 1.29 is 0 Å². The molecule has 8 nitrogen and oxygen atoms in total. The minimum Gasteiger partial charge on any atom is -0.344 e. The maximum atomic E-state index is 4.84. The van der Waals surface area contributed by atoms with Gasteiger partial charge in [-0.2, -0.15) is 0 Å². The zero-order valence-corrected chi connectivity index (χ0v) is 18.8. The van der Waals surface area contributed by atoms with E-state index in [1.165, 1.54) is 5.56 Å². The molecule has 2 aromatic carbocycles. The first-order valence-corrected chi connectivity index (χ1v) is 11.1. The van der Waals surface area contributed by atoms with Crippen molar-refractivity contribution in [2.45, 2.75) is 25.5 Å². The number of H-pyrrole nitrogens is 1. The van der Waals surface area contributed by atoms with Crippen LogP contribution >= 0.6 is 11.8 Å². The van der Waals surface area contributed by atoms with E-state index in [1.54, 1.807) is 11.8 Å². The second-order valence-electron chi connectivity index (χ2n) is 7.21. The second kappa shape index (κ2) is 9.29. The molecule has 0 fully saturated rings. The molecule has 0 aliphatic heterocycles. The first-order valence-electron chi connectivity index (χ1n) is 10.1. The molecule has 0 saturated heterocycles. The largest absolute Gasteiger partial charge is 0.344 e. The fourth-order valence-corrected chi connectivity index (χ4v) is 4.41. The lowest BCUT2D eigenvalue weighted by Gasteiger charge is -2.10. The molecule has 0 aliphatic carbocycles. The Balaban J connectivity index is 0.00000245. The van der Waals surface area contributed by atoms with Crippen LogP contribution in [0.3, 0.4) is 0 Å². The van der Waals surface area contributed by atoms with Gasteiger partial charge in [0.05, 0.1) is 6.54 Å². The summed E-state index contributed by atoms with van der Waals surface area (Å²) in [7, 11) is 0. The van der Waals surface area contributed by atoms with Gasteiger partial charge >= 0.3 is 0 Å². The van der Waals surface area contributed by atoms with Gasteiger partial charge in [0, 0.05) is 11.8 Å². The Morgan fingerprint density at radius 2 is 1.78 bits per heavy atom. The summed E-state index contributed by atoms with van der Waals surface area (Å²) in [6, 6.07) is 18.7. The van der Waals surface area contributed by atoms with Gasteiger partial charge in [-0.3, -0.25) is 4.57 Å². The molecular formula is C23H24N8S. The average molecular weight is 445 g/mol. The van der Waals surface area contributed by atoms with Crippen LogP contribution in [-0.2, 0) is 6.54 Å². The van der Waals surface area contributed by atoms with E-state index < -0.39 is 0 Å². The van der Waals surface area contributed by atoms with E-state index in [0.29, 0.717) is 5.82 Å². The Hall–Kier alpha value is -3.56. The van der Waals surface area contributed by atoms with Gasteiger partial charge in [-0.15, -0.1) is 5.10 Å². The van der Waals surface area contributed by atoms with Crippen LogP contribution in [0.1, 0.15) is 18.1 Å². The van der Waals surface area contributed by atoms with Crippen molar-refractivity contribution in [1.29, 1.82) is 0 Å². The van der Waals surface area contributed by atoms with Crippen molar-refractivity contribution in [3.05, 3.63) is 71.9 Å². The third kappa shape index (κ3) is 4.00. The van der Waals surface area contributed by atoms with E-state index in [0.717, 1.165) is 50.9 Å². The molecule has 0 radical (unpaired) electrons. The molecule has 0 aliphatic rings. The van der Waals surface area contributed by atoms with Gasteiger partial charge in [-0.1, -0.05) is 67.2 Å². The molecule has 5 aromatic rings. The van der Waals surface area contributed by atoms with Crippen LogP contribution in [-0.4, -0.2) is 40.9 Å². The smallest absolute Gasteiger partial charge is 0.180 e. The van der Waals surface area contributed by atoms with E-state index in [1.807, 2.05) is 30.5 Å². The van der Waals surface area contributed by atoms with Crippen LogP contribution in [0.5, 0.6) is 0 Å². The van der Waals surface area contributed by atoms with E-state index >= 15 is 0 Å². The van der Waals surface area contributed by atoms with Gasteiger partial charge in [0.2, 0.25) is 0 Å². The second-order valence-corrected chi connectivity index (χ2v) is 8.44. The summed E-state index contributed by atoms with van der Waals surface area (Å²) >= 11 is 1.75. The Kier molecular flexibility index (Phi) is 6.29. The molecule has 4 N–H and O–H groups in total. The summed E-state index contributed by atoms with van der Waals surface area (Å²) in [6.07, 6.45) is 1.86. The normalized spacial score (nSPS) is 10.9. The van der Waals surface area contributed by atoms with Crippen molar-refractivity contribution in [3.8, 4) is 22.5 Å². The molecule has 0 spiro atoms. The topological polar surface area (TPSA) is 120 Å². The minimum atomic E-state index is 0. The predicted molar refractivity (Wildman–Crippen MR) is 128 cm³/mol. The number of aryl methyl sites for hydroxylation is 1. The zero-order chi connectivity index (χ0) is 21.2. The standard InChI is InChI=1S/C23H21N7S.H3N/c1-3-31-23-25-20-15(2)12-13-24-22(20)30(23)14-16-8-10-17(11-9-16)18-6-4-5-7-19(18)21-26-28-29-27-21;/h4-13H,3,14H2,1-2H3,(H,26,27,28,29);1H3. The number of nitrogens with one attached hydrogen (secondary N) is 1. The monoisotopic (exact) mass is 444 g/mol. The number of benzene rings is 2. The van der Waals surface area contributed by atoms with Crippen LogP contribution in [0.2, 0.25) is 0 Å². The summed E-state index contributed by atoms with van der Waals surface area (Å²) in [5.74, 6) is 1.63. The number of fused-ring (bicyclic) bond motifs is 1. The highest BCUT2D eigenvalue weighted by molar-refractivity contribution is 7.99. The van der Waals surface area contributed by atoms with Gasteiger partial charge in [-0.25, -0.2) is 15.1 Å². The quantitative estimate of drug-likeness (QED) is 0.357. The lowest BCUT2D eigenvalue weighted by molar-refractivity contribution is 0.724.